The van der Waals surface area contributed by atoms with Crippen LogP contribution in [0.3, 0.4) is 0 Å². The summed E-state index contributed by atoms with van der Waals surface area (Å²) in [4.78, 5) is 22.1. The molecule has 5 nitrogen and oxygen atoms in total. The molecule has 30 heavy (non-hydrogen) atoms. The van der Waals surface area contributed by atoms with Gasteiger partial charge in [0.25, 0.3) is 0 Å². The second-order valence-electron chi connectivity index (χ2n) is 7.17. The van der Waals surface area contributed by atoms with Crippen LogP contribution in [0.2, 0.25) is 0 Å². The first-order valence-corrected chi connectivity index (χ1v) is 9.46. The zero-order valence-corrected chi connectivity index (χ0v) is 15.8. The van der Waals surface area contributed by atoms with E-state index in [4.69, 9.17) is 0 Å². The van der Waals surface area contributed by atoms with Crippen molar-refractivity contribution in [1.29, 1.82) is 0 Å². The molecule has 0 radical (unpaired) electrons. The molecule has 4 rings (SSSR count). The molecule has 0 spiro atoms. The summed E-state index contributed by atoms with van der Waals surface area (Å²) in [5.74, 6) is -1.69. The molecule has 1 fully saturated rings. The van der Waals surface area contributed by atoms with Crippen LogP contribution in [0.1, 0.15) is 18.5 Å². The van der Waals surface area contributed by atoms with Gasteiger partial charge in [-0.05, 0) is 43.2 Å². The number of halogens is 4. The monoisotopic (exact) mass is 418 g/mol. The number of piperidine rings is 1. The number of aromatic nitrogens is 2. The number of amides is 1. The molecule has 1 N–H and O–H groups in total. The van der Waals surface area contributed by atoms with E-state index in [0.717, 1.165) is 0 Å². The Hall–Kier alpha value is -3.23. The fraction of sp³-hybridized carbons (Fsp3) is 0.286. The van der Waals surface area contributed by atoms with Crippen LogP contribution in [0, 0.1) is 11.7 Å². The summed E-state index contributed by atoms with van der Waals surface area (Å²) in [6, 6.07) is 11.8. The minimum Gasteiger partial charge on any atom is -0.354 e. The van der Waals surface area contributed by atoms with Gasteiger partial charge >= 0.3 is 6.18 Å². The molecule has 1 aromatic heterocycles. The van der Waals surface area contributed by atoms with E-state index in [0.29, 0.717) is 30.6 Å². The molecule has 0 aliphatic carbocycles. The van der Waals surface area contributed by atoms with Crippen molar-refractivity contribution in [2.75, 3.05) is 23.3 Å². The quantitative estimate of drug-likeness (QED) is 0.630. The maximum Gasteiger partial charge on any atom is 0.437 e. The van der Waals surface area contributed by atoms with Gasteiger partial charge in [-0.25, -0.2) is 14.4 Å². The zero-order valence-electron chi connectivity index (χ0n) is 15.8. The SMILES string of the molecule is O=C(Nc1cccc(F)c1)[C@H]1CCCN(c2nc3ccccc3nc2C(F)(F)F)C1. The van der Waals surface area contributed by atoms with Crippen molar-refractivity contribution in [2.45, 2.75) is 19.0 Å². The topological polar surface area (TPSA) is 58.1 Å². The van der Waals surface area contributed by atoms with Crippen molar-refractivity contribution in [2.24, 2.45) is 5.92 Å². The molecule has 1 amide bonds. The highest BCUT2D eigenvalue weighted by Crippen LogP contribution is 2.36. The van der Waals surface area contributed by atoms with Crippen LogP contribution < -0.4 is 10.2 Å². The number of alkyl halides is 3. The predicted octanol–water partition coefficient (Wildman–Crippen LogP) is 4.64. The highest BCUT2D eigenvalue weighted by Gasteiger charge is 2.40. The molecule has 3 aromatic rings. The average molecular weight is 418 g/mol. The molecule has 0 bridgehead atoms. The molecular formula is C21H18F4N4O. The number of benzene rings is 2. The van der Waals surface area contributed by atoms with E-state index in [1.165, 1.54) is 29.2 Å². The van der Waals surface area contributed by atoms with Crippen LogP contribution in [0.15, 0.2) is 48.5 Å². The number of nitrogens with one attached hydrogen (secondary N) is 1. The highest BCUT2D eigenvalue weighted by molar-refractivity contribution is 5.93. The van der Waals surface area contributed by atoms with Gasteiger partial charge in [-0.3, -0.25) is 4.79 Å². The Morgan fingerprint density at radius 3 is 2.50 bits per heavy atom. The maximum atomic E-state index is 13.7. The Morgan fingerprint density at radius 2 is 1.80 bits per heavy atom. The lowest BCUT2D eigenvalue weighted by Gasteiger charge is -2.34. The number of carbonyl (C=O) groups is 1. The van der Waals surface area contributed by atoms with Crippen LogP contribution in [0.4, 0.5) is 29.1 Å². The molecule has 2 aromatic carbocycles. The van der Waals surface area contributed by atoms with Crippen LogP contribution in [-0.2, 0) is 11.0 Å². The largest absolute Gasteiger partial charge is 0.437 e. The fourth-order valence-corrected chi connectivity index (χ4v) is 3.60. The van der Waals surface area contributed by atoms with Crippen molar-refractivity contribution < 1.29 is 22.4 Å². The average Bonchev–Trinajstić information content (AvgIpc) is 2.72. The molecular weight excluding hydrogens is 400 g/mol. The third kappa shape index (κ3) is 4.19. The van der Waals surface area contributed by atoms with Gasteiger partial charge in [-0.2, -0.15) is 13.2 Å². The third-order valence-corrected chi connectivity index (χ3v) is 5.00. The van der Waals surface area contributed by atoms with Gasteiger partial charge in [0.15, 0.2) is 11.5 Å². The number of rotatable bonds is 3. The number of anilines is 2. The Morgan fingerprint density at radius 1 is 1.07 bits per heavy atom. The fourth-order valence-electron chi connectivity index (χ4n) is 3.60. The molecule has 1 saturated heterocycles. The van der Waals surface area contributed by atoms with E-state index in [1.807, 2.05) is 0 Å². The molecule has 1 aliphatic heterocycles. The van der Waals surface area contributed by atoms with Gasteiger partial charge in [0.05, 0.1) is 17.0 Å². The maximum absolute atomic E-state index is 13.7. The summed E-state index contributed by atoms with van der Waals surface area (Å²) in [5, 5.41) is 2.64. The second-order valence-corrected chi connectivity index (χ2v) is 7.17. The van der Waals surface area contributed by atoms with E-state index in [9.17, 15) is 22.4 Å². The molecule has 1 atom stereocenters. The lowest BCUT2D eigenvalue weighted by Crippen LogP contribution is -2.42. The predicted molar refractivity (Wildman–Crippen MR) is 105 cm³/mol. The standard InChI is InChI=1S/C21H18F4N4O/c22-14-6-3-7-15(11-14)26-20(30)13-5-4-10-29(12-13)19-18(21(23,24)25)27-16-8-1-2-9-17(16)28-19/h1-3,6-9,11,13H,4-5,10,12H2,(H,26,30)/t13-/m0/s1. The summed E-state index contributed by atoms with van der Waals surface area (Å²) in [7, 11) is 0. The van der Waals surface area contributed by atoms with E-state index in [1.54, 1.807) is 24.3 Å². The summed E-state index contributed by atoms with van der Waals surface area (Å²) >= 11 is 0. The number of para-hydroxylation sites is 2. The van der Waals surface area contributed by atoms with Crippen molar-refractivity contribution in [1.82, 2.24) is 9.97 Å². The highest BCUT2D eigenvalue weighted by atomic mass is 19.4. The number of nitrogens with zero attached hydrogens (tertiary/aromatic N) is 3. The smallest absolute Gasteiger partial charge is 0.354 e. The van der Waals surface area contributed by atoms with Crippen LogP contribution >= 0.6 is 0 Å². The Kier molecular flexibility index (Phi) is 5.27. The van der Waals surface area contributed by atoms with Crippen molar-refractivity contribution in [3.8, 4) is 0 Å². The number of carbonyl (C=O) groups excluding carboxylic acids is 1. The van der Waals surface area contributed by atoms with E-state index in [2.05, 4.69) is 15.3 Å². The van der Waals surface area contributed by atoms with E-state index < -0.39 is 23.6 Å². The summed E-state index contributed by atoms with van der Waals surface area (Å²) in [6.07, 6.45) is -3.64. The number of hydrogen-bond donors (Lipinski definition) is 1. The third-order valence-electron chi connectivity index (χ3n) is 5.00. The van der Waals surface area contributed by atoms with Gasteiger partial charge in [-0.1, -0.05) is 18.2 Å². The first-order chi connectivity index (χ1) is 14.3. The van der Waals surface area contributed by atoms with Gasteiger partial charge in [0.1, 0.15) is 5.82 Å². The Labute approximate surface area is 169 Å². The summed E-state index contributed by atoms with van der Waals surface area (Å²) in [6.45, 7) is 0.400. The number of hydrogen-bond acceptors (Lipinski definition) is 4. The molecule has 156 valence electrons. The van der Waals surface area contributed by atoms with Crippen LogP contribution in [0.5, 0.6) is 0 Å². The van der Waals surface area contributed by atoms with Gasteiger partial charge in [0.2, 0.25) is 5.91 Å². The van der Waals surface area contributed by atoms with Crippen molar-refractivity contribution in [3.05, 3.63) is 60.0 Å². The van der Waals surface area contributed by atoms with Crippen molar-refractivity contribution >= 4 is 28.4 Å². The van der Waals surface area contributed by atoms with Gasteiger partial charge < -0.3 is 10.2 Å². The molecule has 9 heteroatoms. The summed E-state index contributed by atoms with van der Waals surface area (Å²) < 4.78 is 54.4. The Bertz CT molecular complexity index is 1090. The Balaban J connectivity index is 1.61. The van der Waals surface area contributed by atoms with E-state index in [-0.39, 0.29) is 23.8 Å². The minimum atomic E-state index is -4.68. The van der Waals surface area contributed by atoms with E-state index >= 15 is 0 Å². The lowest BCUT2D eigenvalue weighted by molar-refractivity contribution is -0.140. The number of fused-ring (bicyclic) bond motifs is 1. The first-order valence-electron chi connectivity index (χ1n) is 9.46. The van der Waals surface area contributed by atoms with Gasteiger partial charge in [0, 0.05) is 18.8 Å². The first kappa shape index (κ1) is 20.1. The van der Waals surface area contributed by atoms with Crippen molar-refractivity contribution in [3.63, 3.8) is 0 Å². The van der Waals surface area contributed by atoms with Gasteiger partial charge in [-0.15, -0.1) is 0 Å². The normalized spacial score (nSPS) is 17.2. The molecule has 2 heterocycles. The van der Waals surface area contributed by atoms with Crippen LogP contribution in [0.25, 0.3) is 11.0 Å². The molecule has 0 saturated carbocycles. The molecule has 0 unspecified atom stereocenters. The minimum absolute atomic E-state index is 0.0667. The molecule has 1 aliphatic rings. The second kappa shape index (κ2) is 7.89. The lowest BCUT2D eigenvalue weighted by atomic mass is 9.96. The summed E-state index contributed by atoms with van der Waals surface area (Å²) in [5.41, 5.74) is -0.246. The zero-order chi connectivity index (χ0) is 21.3. The van der Waals surface area contributed by atoms with Crippen LogP contribution in [-0.4, -0.2) is 29.0 Å².